The van der Waals surface area contributed by atoms with Crippen LogP contribution >= 0.6 is 23.1 Å². The number of thiazole rings is 1. The van der Waals surface area contributed by atoms with Gasteiger partial charge in [-0.05, 0) is 18.6 Å². The number of nitrogens with zero attached hydrogens (tertiary/aromatic N) is 1. The van der Waals surface area contributed by atoms with Gasteiger partial charge >= 0.3 is 5.97 Å². The Morgan fingerprint density at radius 2 is 2.53 bits per heavy atom. The van der Waals surface area contributed by atoms with Gasteiger partial charge in [0.15, 0.2) is 5.13 Å². The molecule has 0 aromatic carbocycles. The van der Waals surface area contributed by atoms with Crippen molar-refractivity contribution in [3.8, 4) is 0 Å². The summed E-state index contributed by atoms with van der Waals surface area (Å²) >= 11 is 3.19. The Morgan fingerprint density at radius 3 is 3.18 bits per heavy atom. The van der Waals surface area contributed by atoms with Crippen molar-refractivity contribution in [2.24, 2.45) is 0 Å². The Labute approximate surface area is 109 Å². The molecule has 1 heterocycles. The fourth-order valence-electron chi connectivity index (χ4n) is 2.10. The third kappa shape index (κ3) is 3.13. The normalized spacial score (nSPS) is 23.8. The van der Waals surface area contributed by atoms with E-state index in [2.05, 4.69) is 17.2 Å². The van der Waals surface area contributed by atoms with Gasteiger partial charge in [-0.2, -0.15) is 11.8 Å². The van der Waals surface area contributed by atoms with Crippen LogP contribution in [0.3, 0.4) is 0 Å². The smallest absolute Gasteiger partial charge is 0.347 e. The first kappa shape index (κ1) is 12.7. The number of carboxylic acid groups (broad SMARTS) is 1. The van der Waals surface area contributed by atoms with E-state index in [4.69, 9.17) is 5.11 Å². The Kier molecular flexibility index (Phi) is 4.28. The van der Waals surface area contributed by atoms with Crippen LogP contribution in [0, 0.1) is 0 Å². The number of rotatable bonds is 5. The topological polar surface area (TPSA) is 62.2 Å². The maximum Gasteiger partial charge on any atom is 0.347 e. The van der Waals surface area contributed by atoms with E-state index in [0.29, 0.717) is 16.2 Å². The van der Waals surface area contributed by atoms with E-state index < -0.39 is 5.97 Å². The quantitative estimate of drug-likeness (QED) is 0.863. The van der Waals surface area contributed by atoms with E-state index in [0.717, 1.165) is 17.3 Å². The highest BCUT2D eigenvalue weighted by Crippen LogP contribution is 2.32. The fourth-order valence-corrected chi connectivity index (χ4v) is 4.02. The van der Waals surface area contributed by atoms with Crippen molar-refractivity contribution in [3.63, 3.8) is 0 Å². The van der Waals surface area contributed by atoms with Gasteiger partial charge in [0.05, 0.1) is 6.20 Å². The Morgan fingerprint density at radius 1 is 1.71 bits per heavy atom. The first-order valence-corrected chi connectivity index (χ1v) is 7.64. The summed E-state index contributed by atoms with van der Waals surface area (Å²) in [5, 5.41) is 13.6. The van der Waals surface area contributed by atoms with Crippen LogP contribution in [-0.4, -0.2) is 33.1 Å². The van der Waals surface area contributed by atoms with Crippen molar-refractivity contribution in [1.29, 1.82) is 0 Å². The van der Waals surface area contributed by atoms with E-state index in [1.807, 2.05) is 11.8 Å². The number of nitrogens with one attached hydrogen (secondary N) is 1. The molecule has 0 aliphatic heterocycles. The largest absolute Gasteiger partial charge is 0.477 e. The average Bonchev–Trinajstić information content (AvgIpc) is 2.90. The van der Waals surface area contributed by atoms with Crippen LogP contribution in [0.5, 0.6) is 0 Å². The predicted molar refractivity (Wildman–Crippen MR) is 72.3 cm³/mol. The summed E-state index contributed by atoms with van der Waals surface area (Å²) in [6.07, 6.45) is 5.06. The van der Waals surface area contributed by atoms with Crippen LogP contribution in [0.4, 0.5) is 5.13 Å². The van der Waals surface area contributed by atoms with E-state index in [-0.39, 0.29) is 0 Å². The van der Waals surface area contributed by atoms with Gasteiger partial charge in [-0.15, -0.1) is 0 Å². The summed E-state index contributed by atoms with van der Waals surface area (Å²) in [6.45, 7) is 2.17. The molecule has 2 rings (SSSR count). The van der Waals surface area contributed by atoms with E-state index >= 15 is 0 Å². The van der Waals surface area contributed by atoms with Gasteiger partial charge < -0.3 is 10.4 Å². The summed E-state index contributed by atoms with van der Waals surface area (Å²) in [6, 6.07) is 0.438. The predicted octanol–water partition coefficient (Wildman–Crippen LogP) is 2.93. The van der Waals surface area contributed by atoms with Crippen LogP contribution in [0.15, 0.2) is 6.20 Å². The molecule has 1 aromatic rings. The highest BCUT2D eigenvalue weighted by molar-refractivity contribution is 7.99. The number of aromatic carboxylic acids is 1. The van der Waals surface area contributed by atoms with E-state index in [1.54, 1.807) is 0 Å². The molecular weight excluding hydrogens is 256 g/mol. The Balaban J connectivity index is 1.97. The molecule has 2 atom stereocenters. The monoisotopic (exact) mass is 272 g/mol. The lowest BCUT2D eigenvalue weighted by molar-refractivity contribution is 0.0702. The van der Waals surface area contributed by atoms with Gasteiger partial charge in [-0.25, -0.2) is 9.78 Å². The number of hydrogen-bond donors (Lipinski definition) is 2. The molecule has 0 saturated heterocycles. The Hall–Kier alpha value is -0.750. The van der Waals surface area contributed by atoms with E-state index in [9.17, 15) is 4.79 Å². The minimum Gasteiger partial charge on any atom is -0.477 e. The first-order chi connectivity index (χ1) is 8.20. The Bertz CT molecular complexity index is 395. The van der Waals surface area contributed by atoms with Gasteiger partial charge in [0.2, 0.25) is 0 Å². The van der Waals surface area contributed by atoms with Gasteiger partial charge in [0, 0.05) is 11.3 Å². The van der Waals surface area contributed by atoms with Crippen molar-refractivity contribution < 1.29 is 9.90 Å². The lowest BCUT2D eigenvalue weighted by Crippen LogP contribution is -2.25. The molecule has 0 spiro atoms. The zero-order chi connectivity index (χ0) is 12.3. The number of carbonyl (C=O) groups is 1. The fraction of sp³-hybridized carbons (Fsp3) is 0.636. The molecule has 1 fully saturated rings. The van der Waals surface area contributed by atoms with E-state index in [1.165, 1.54) is 30.4 Å². The van der Waals surface area contributed by atoms with Crippen molar-refractivity contribution in [1.82, 2.24) is 4.98 Å². The molecule has 1 aliphatic rings. The zero-order valence-electron chi connectivity index (χ0n) is 9.68. The minimum atomic E-state index is -0.901. The molecule has 2 N–H and O–H groups in total. The molecule has 0 radical (unpaired) electrons. The molecule has 17 heavy (non-hydrogen) atoms. The maximum absolute atomic E-state index is 10.8. The highest BCUT2D eigenvalue weighted by atomic mass is 32.2. The van der Waals surface area contributed by atoms with Crippen molar-refractivity contribution in [2.75, 3.05) is 11.1 Å². The second-order valence-corrected chi connectivity index (χ2v) is 6.56. The molecule has 1 aromatic heterocycles. The second-order valence-electron chi connectivity index (χ2n) is 4.01. The molecule has 0 bridgehead atoms. The van der Waals surface area contributed by atoms with Crippen molar-refractivity contribution in [3.05, 3.63) is 11.1 Å². The zero-order valence-corrected chi connectivity index (χ0v) is 11.3. The lowest BCUT2D eigenvalue weighted by Gasteiger charge is -2.19. The molecule has 4 nitrogen and oxygen atoms in total. The summed E-state index contributed by atoms with van der Waals surface area (Å²) in [4.78, 5) is 15.2. The van der Waals surface area contributed by atoms with Crippen LogP contribution in [-0.2, 0) is 0 Å². The second kappa shape index (κ2) is 5.73. The lowest BCUT2D eigenvalue weighted by atomic mass is 10.2. The molecule has 6 heteroatoms. The van der Waals surface area contributed by atoms with Crippen LogP contribution < -0.4 is 5.32 Å². The standard InChI is InChI=1S/C11H16N2O2S2/c1-2-16-8-5-3-4-7(8)13-11-12-6-9(17-11)10(14)15/h6-8H,2-5H2,1H3,(H,12,13)(H,14,15). The van der Waals surface area contributed by atoms with Crippen molar-refractivity contribution in [2.45, 2.75) is 37.5 Å². The van der Waals surface area contributed by atoms with Gasteiger partial charge in [0.25, 0.3) is 0 Å². The van der Waals surface area contributed by atoms with Crippen molar-refractivity contribution >= 4 is 34.2 Å². The molecule has 94 valence electrons. The minimum absolute atomic E-state index is 0.296. The maximum atomic E-state index is 10.8. The van der Waals surface area contributed by atoms with Gasteiger partial charge in [0.1, 0.15) is 4.88 Å². The molecule has 0 amide bonds. The van der Waals surface area contributed by atoms with Gasteiger partial charge in [-0.3, -0.25) is 0 Å². The van der Waals surface area contributed by atoms with Crippen LogP contribution in [0.25, 0.3) is 0 Å². The number of hydrogen-bond acceptors (Lipinski definition) is 5. The number of thioether (sulfide) groups is 1. The average molecular weight is 272 g/mol. The third-order valence-corrected chi connectivity index (χ3v) is 5.10. The first-order valence-electron chi connectivity index (χ1n) is 5.78. The van der Waals surface area contributed by atoms with Crippen LogP contribution in [0.1, 0.15) is 35.9 Å². The summed E-state index contributed by atoms with van der Waals surface area (Å²) < 4.78 is 0. The number of carboxylic acids is 1. The number of anilines is 1. The molecule has 2 unspecified atom stereocenters. The summed E-state index contributed by atoms with van der Waals surface area (Å²) in [7, 11) is 0. The number of aromatic nitrogens is 1. The summed E-state index contributed by atoms with van der Waals surface area (Å²) in [5.74, 6) is 0.225. The molecule has 1 aliphatic carbocycles. The molecule has 1 saturated carbocycles. The van der Waals surface area contributed by atoms with Crippen LogP contribution in [0.2, 0.25) is 0 Å². The highest BCUT2D eigenvalue weighted by Gasteiger charge is 2.27. The third-order valence-electron chi connectivity index (χ3n) is 2.86. The van der Waals surface area contributed by atoms with Gasteiger partial charge in [-0.1, -0.05) is 24.7 Å². The molecular formula is C11H16N2O2S2. The summed E-state index contributed by atoms with van der Waals surface area (Å²) in [5.41, 5.74) is 0. The SMILES string of the molecule is CCSC1CCCC1Nc1ncc(C(=O)O)s1.